The maximum absolute atomic E-state index is 14.5. The summed E-state index contributed by atoms with van der Waals surface area (Å²) in [6, 6.07) is 4.73. The number of rotatable bonds is 6. The van der Waals surface area contributed by atoms with Crippen LogP contribution in [0.3, 0.4) is 0 Å². The molecule has 0 amide bonds. The molecule has 1 atom stereocenters. The maximum Gasteiger partial charge on any atom is 0.216 e. The smallest absolute Gasteiger partial charge is 0.216 e. The molecule has 10 nitrogen and oxygen atoms in total. The number of nitrogens with zero attached hydrogens (tertiary/aromatic N) is 7. The van der Waals surface area contributed by atoms with Crippen molar-refractivity contribution in [3.63, 3.8) is 0 Å². The van der Waals surface area contributed by atoms with Gasteiger partial charge in [0.15, 0.2) is 27.3 Å². The molecule has 5 heterocycles. The molecular formula is C23H24FN7O3S. The second-order valence-electron chi connectivity index (χ2n) is 8.93. The van der Waals surface area contributed by atoms with Crippen molar-refractivity contribution in [3.8, 4) is 11.6 Å². The van der Waals surface area contributed by atoms with Crippen LogP contribution in [0, 0.1) is 11.9 Å². The number of hydrogen-bond acceptors (Lipinski definition) is 10. The largest absolute Gasteiger partial charge is 0.370 e. The number of carbonyl (C=O) groups excluding carboxylic acids is 1. The lowest BCUT2D eigenvalue weighted by Crippen LogP contribution is -2.51. The number of halogens is 1. The predicted molar refractivity (Wildman–Crippen MR) is 127 cm³/mol. The number of aromatic nitrogens is 5. The number of fused-ring (bicyclic) bond motifs is 1. The molecule has 1 fully saturated rings. The highest BCUT2D eigenvalue weighted by Crippen LogP contribution is 2.35. The summed E-state index contributed by atoms with van der Waals surface area (Å²) in [5, 5.41) is 0. The van der Waals surface area contributed by atoms with Crippen molar-refractivity contribution >= 4 is 27.1 Å². The minimum atomic E-state index is -3.37. The van der Waals surface area contributed by atoms with Crippen LogP contribution in [0.25, 0.3) is 11.6 Å². The summed E-state index contributed by atoms with van der Waals surface area (Å²) in [6.45, 7) is 3.29. The van der Waals surface area contributed by atoms with Crippen LogP contribution in [-0.4, -0.2) is 70.8 Å². The third-order valence-corrected chi connectivity index (χ3v) is 7.15. The monoisotopic (exact) mass is 497 g/mol. The van der Waals surface area contributed by atoms with E-state index in [0.29, 0.717) is 49.2 Å². The van der Waals surface area contributed by atoms with Gasteiger partial charge in [0.25, 0.3) is 0 Å². The standard InChI is InChI=1S/C23H24FN7O3S/c1-14-17-10-27-23(22-25-5-3-6-26-22)28-18(17)4-7-31(14)21-9-16(8-20(24)29-21)30-11-15(12-30)19(32)13-35(2,33)34/h3,5-6,8-10,14-15H,4,7,11-13H2,1-2H3. The minimum Gasteiger partial charge on any atom is -0.370 e. The number of pyridine rings is 1. The third-order valence-electron chi connectivity index (χ3n) is 6.34. The lowest BCUT2D eigenvalue weighted by atomic mass is 9.95. The highest BCUT2D eigenvalue weighted by atomic mass is 32.2. The zero-order chi connectivity index (χ0) is 24.7. The Kier molecular flexibility index (Phi) is 5.91. The summed E-state index contributed by atoms with van der Waals surface area (Å²) >= 11 is 0. The minimum absolute atomic E-state index is 0.132. The van der Waals surface area contributed by atoms with E-state index in [1.54, 1.807) is 30.7 Å². The van der Waals surface area contributed by atoms with Crippen molar-refractivity contribution in [3.05, 3.63) is 54.0 Å². The van der Waals surface area contributed by atoms with Gasteiger partial charge in [0.1, 0.15) is 11.6 Å². The van der Waals surface area contributed by atoms with E-state index < -0.39 is 21.5 Å². The molecule has 0 bridgehead atoms. The second-order valence-corrected chi connectivity index (χ2v) is 11.1. The van der Waals surface area contributed by atoms with Gasteiger partial charge in [-0.25, -0.2) is 33.3 Å². The summed E-state index contributed by atoms with van der Waals surface area (Å²) in [7, 11) is -3.37. The first kappa shape index (κ1) is 23.2. The van der Waals surface area contributed by atoms with E-state index in [1.165, 1.54) is 6.07 Å². The summed E-state index contributed by atoms with van der Waals surface area (Å²) in [5.74, 6) is -0.343. The van der Waals surface area contributed by atoms with Crippen LogP contribution < -0.4 is 9.80 Å². The molecule has 3 aromatic heterocycles. The summed E-state index contributed by atoms with van der Waals surface area (Å²) < 4.78 is 37.3. The van der Waals surface area contributed by atoms with E-state index in [9.17, 15) is 17.6 Å². The number of Topliss-reactive ketones (excluding diaryl/α,β-unsaturated/α-hetero) is 1. The van der Waals surface area contributed by atoms with E-state index >= 15 is 0 Å². The maximum atomic E-state index is 14.5. The van der Waals surface area contributed by atoms with E-state index in [0.717, 1.165) is 17.5 Å². The van der Waals surface area contributed by atoms with Gasteiger partial charge < -0.3 is 9.80 Å². The molecule has 0 aromatic carbocycles. The van der Waals surface area contributed by atoms with Gasteiger partial charge in [-0.15, -0.1) is 0 Å². The van der Waals surface area contributed by atoms with Gasteiger partial charge >= 0.3 is 0 Å². The van der Waals surface area contributed by atoms with Crippen LogP contribution in [0.4, 0.5) is 15.9 Å². The highest BCUT2D eigenvalue weighted by molar-refractivity contribution is 7.91. The van der Waals surface area contributed by atoms with Crippen LogP contribution in [-0.2, 0) is 21.1 Å². The highest BCUT2D eigenvalue weighted by Gasteiger charge is 2.35. The topological polar surface area (TPSA) is 122 Å². The quantitative estimate of drug-likeness (QED) is 0.465. The number of ketones is 1. The van der Waals surface area contributed by atoms with Gasteiger partial charge in [0.2, 0.25) is 5.95 Å². The van der Waals surface area contributed by atoms with E-state index in [-0.39, 0.29) is 17.7 Å². The average Bonchev–Trinajstić information content (AvgIpc) is 2.77. The first-order valence-corrected chi connectivity index (χ1v) is 13.3. The van der Waals surface area contributed by atoms with Gasteiger partial charge in [0.05, 0.1) is 17.7 Å². The van der Waals surface area contributed by atoms with Gasteiger partial charge in [0, 0.05) is 74.3 Å². The molecule has 0 N–H and O–H groups in total. The Labute approximate surface area is 202 Å². The number of anilines is 2. The van der Waals surface area contributed by atoms with Gasteiger partial charge in [-0.3, -0.25) is 4.79 Å². The molecule has 12 heteroatoms. The van der Waals surface area contributed by atoms with E-state index in [4.69, 9.17) is 0 Å². The van der Waals surface area contributed by atoms with Crippen LogP contribution in [0.2, 0.25) is 0 Å². The Morgan fingerprint density at radius 1 is 1.11 bits per heavy atom. The summed E-state index contributed by atoms with van der Waals surface area (Å²) in [5.41, 5.74) is 2.44. The normalized spacial score (nSPS) is 18.2. The molecule has 2 aliphatic heterocycles. The van der Waals surface area contributed by atoms with Crippen LogP contribution in [0.1, 0.15) is 24.2 Å². The molecule has 182 valence electrons. The zero-order valence-corrected chi connectivity index (χ0v) is 20.1. The molecule has 0 aliphatic carbocycles. The fourth-order valence-corrected chi connectivity index (χ4v) is 5.22. The second kappa shape index (κ2) is 8.91. The predicted octanol–water partition coefficient (Wildman–Crippen LogP) is 1.64. The van der Waals surface area contributed by atoms with Crippen molar-refractivity contribution in [2.24, 2.45) is 5.92 Å². The van der Waals surface area contributed by atoms with Crippen molar-refractivity contribution in [1.82, 2.24) is 24.9 Å². The van der Waals surface area contributed by atoms with Crippen molar-refractivity contribution in [2.75, 3.05) is 41.4 Å². The molecule has 5 rings (SSSR count). The summed E-state index contributed by atoms with van der Waals surface area (Å²) in [6.07, 6.45) is 6.72. The van der Waals surface area contributed by atoms with Gasteiger partial charge in [-0.05, 0) is 13.0 Å². The number of carbonyl (C=O) groups is 1. The first-order valence-electron chi connectivity index (χ1n) is 11.2. The molecule has 2 aliphatic rings. The first-order chi connectivity index (χ1) is 16.7. The van der Waals surface area contributed by atoms with Gasteiger partial charge in [-0.1, -0.05) is 0 Å². The fourth-order valence-electron chi connectivity index (χ4n) is 4.47. The lowest BCUT2D eigenvalue weighted by molar-refractivity contribution is -0.121. The molecule has 0 saturated carbocycles. The fraction of sp³-hybridized carbons (Fsp3) is 0.391. The zero-order valence-electron chi connectivity index (χ0n) is 19.3. The molecule has 1 unspecified atom stereocenters. The number of hydrogen-bond donors (Lipinski definition) is 0. The van der Waals surface area contributed by atoms with Crippen LogP contribution in [0.15, 0.2) is 36.8 Å². The third kappa shape index (κ3) is 4.83. The van der Waals surface area contributed by atoms with Crippen LogP contribution in [0.5, 0.6) is 0 Å². The van der Waals surface area contributed by atoms with E-state index in [1.807, 2.05) is 16.7 Å². The summed E-state index contributed by atoms with van der Waals surface area (Å²) in [4.78, 5) is 37.6. The SMILES string of the molecule is CC1c2cnc(-c3ncccn3)nc2CCN1c1cc(N2CC(C(=O)CS(C)(=O)=O)C2)cc(F)n1. The molecule has 1 saturated heterocycles. The van der Waals surface area contributed by atoms with Crippen LogP contribution >= 0.6 is 0 Å². The molecule has 0 spiro atoms. The van der Waals surface area contributed by atoms with Gasteiger partial charge in [-0.2, -0.15) is 4.39 Å². The molecule has 0 radical (unpaired) electrons. The Morgan fingerprint density at radius 3 is 2.57 bits per heavy atom. The van der Waals surface area contributed by atoms with E-state index in [2.05, 4.69) is 24.9 Å². The Bertz CT molecular complexity index is 1380. The average molecular weight is 498 g/mol. The molecule has 35 heavy (non-hydrogen) atoms. The Balaban J connectivity index is 1.33. The molecular weight excluding hydrogens is 473 g/mol. The molecule has 3 aromatic rings. The lowest BCUT2D eigenvalue weighted by Gasteiger charge is -2.41. The Morgan fingerprint density at radius 2 is 1.86 bits per heavy atom. The Hall–Kier alpha value is -3.54. The van der Waals surface area contributed by atoms with Crippen molar-refractivity contribution in [1.29, 1.82) is 0 Å². The number of sulfone groups is 1. The van der Waals surface area contributed by atoms with Crippen molar-refractivity contribution in [2.45, 2.75) is 19.4 Å². The van der Waals surface area contributed by atoms with Crippen molar-refractivity contribution < 1.29 is 17.6 Å².